The molecule has 0 N–H and O–H groups in total. The molecule has 4 fully saturated rings. The molecule has 2 atom stereocenters. The van der Waals surface area contributed by atoms with E-state index >= 15 is 0 Å². The van der Waals surface area contributed by atoms with Crippen LogP contribution >= 0.6 is 0 Å². The van der Waals surface area contributed by atoms with E-state index in [2.05, 4.69) is 13.8 Å². The Bertz CT molecular complexity index is 214. The third-order valence-electron chi connectivity index (χ3n) is 5.82. The van der Waals surface area contributed by atoms with Crippen LogP contribution in [0.2, 0.25) is 0 Å². The van der Waals surface area contributed by atoms with E-state index in [9.17, 15) is 0 Å². The van der Waals surface area contributed by atoms with Gasteiger partial charge in [-0.1, -0.05) is 26.7 Å². The molecule has 4 aliphatic carbocycles. The van der Waals surface area contributed by atoms with E-state index in [4.69, 9.17) is 0 Å². The van der Waals surface area contributed by atoms with Gasteiger partial charge in [0.15, 0.2) is 0 Å². The predicted octanol–water partition coefficient (Wildman–Crippen LogP) is 4.25. The van der Waals surface area contributed by atoms with Crippen molar-refractivity contribution in [1.29, 1.82) is 0 Å². The quantitative estimate of drug-likeness (QED) is 0.613. The van der Waals surface area contributed by atoms with Gasteiger partial charge in [0.2, 0.25) is 0 Å². The second-order valence-electron chi connectivity index (χ2n) is 6.40. The monoisotopic (exact) mass is 192 g/mol. The van der Waals surface area contributed by atoms with E-state index in [1.807, 2.05) is 0 Å². The van der Waals surface area contributed by atoms with Crippen molar-refractivity contribution in [2.75, 3.05) is 0 Å². The predicted molar refractivity (Wildman–Crippen MR) is 60.1 cm³/mol. The van der Waals surface area contributed by atoms with Crippen LogP contribution in [0.5, 0.6) is 0 Å². The van der Waals surface area contributed by atoms with Crippen molar-refractivity contribution in [3.05, 3.63) is 0 Å². The summed E-state index contributed by atoms with van der Waals surface area (Å²) in [6.45, 7) is 4.86. The van der Waals surface area contributed by atoms with Gasteiger partial charge in [0.25, 0.3) is 0 Å². The zero-order valence-electron chi connectivity index (χ0n) is 9.76. The topological polar surface area (TPSA) is 0 Å². The van der Waals surface area contributed by atoms with Crippen molar-refractivity contribution in [1.82, 2.24) is 0 Å². The van der Waals surface area contributed by atoms with Crippen LogP contribution in [0.1, 0.15) is 58.8 Å². The molecule has 4 aliphatic rings. The molecule has 0 heterocycles. The summed E-state index contributed by atoms with van der Waals surface area (Å²) in [5.41, 5.74) is 0.822. The standard InChI is InChI=1S/C14H24/c1-3-13-11-5-10-6-12(13)9-14(4-2,7-10)8-11/h10-13H,3-9H2,1-2H3. The van der Waals surface area contributed by atoms with Gasteiger partial charge < -0.3 is 0 Å². The highest BCUT2D eigenvalue weighted by atomic mass is 14.6. The largest absolute Gasteiger partial charge is 0.0651 e. The molecule has 4 saturated carbocycles. The Labute approximate surface area is 88.5 Å². The first-order valence-electron chi connectivity index (χ1n) is 6.76. The summed E-state index contributed by atoms with van der Waals surface area (Å²) < 4.78 is 0. The summed E-state index contributed by atoms with van der Waals surface area (Å²) in [5.74, 6) is 4.51. The molecule has 0 aliphatic heterocycles. The smallest absolute Gasteiger partial charge is 0.0292 e. The molecule has 0 aromatic rings. The van der Waals surface area contributed by atoms with Gasteiger partial charge in [-0.15, -0.1) is 0 Å². The number of rotatable bonds is 2. The maximum Gasteiger partial charge on any atom is -0.0292 e. The summed E-state index contributed by atoms with van der Waals surface area (Å²) >= 11 is 0. The Morgan fingerprint density at radius 1 is 1.00 bits per heavy atom. The molecule has 0 radical (unpaired) electrons. The molecule has 0 heteroatoms. The summed E-state index contributed by atoms with van der Waals surface area (Å²) in [6, 6.07) is 0. The van der Waals surface area contributed by atoms with Gasteiger partial charge in [-0.2, -0.15) is 0 Å². The minimum atomic E-state index is 0.822. The maximum absolute atomic E-state index is 2.44. The van der Waals surface area contributed by atoms with Crippen LogP contribution < -0.4 is 0 Å². The van der Waals surface area contributed by atoms with Gasteiger partial charge in [0, 0.05) is 0 Å². The summed E-state index contributed by atoms with van der Waals surface area (Å²) in [7, 11) is 0. The molecule has 4 bridgehead atoms. The van der Waals surface area contributed by atoms with Crippen molar-refractivity contribution >= 4 is 0 Å². The number of hydrogen-bond acceptors (Lipinski definition) is 0. The van der Waals surface area contributed by atoms with Crippen LogP contribution in [0.15, 0.2) is 0 Å². The summed E-state index contributed by atoms with van der Waals surface area (Å²) in [4.78, 5) is 0. The van der Waals surface area contributed by atoms with Crippen molar-refractivity contribution in [2.24, 2.45) is 29.1 Å². The minimum absolute atomic E-state index is 0.822. The Balaban J connectivity index is 1.88. The second-order valence-corrected chi connectivity index (χ2v) is 6.40. The molecule has 0 nitrogen and oxygen atoms in total. The Hall–Kier alpha value is 0. The van der Waals surface area contributed by atoms with E-state index < -0.39 is 0 Å². The SMILES string of the molecule is CCC1C2CC3CC1CC(CC)(C3)C2. The van der Waals surface area contributed by atoms with Crippen LogP contribution in [0.3, 0.4) is 0 Å². The van der Waals surface area contributed by atoms with Crippen molar-refractivity contribution in [3.63, 3.8) is 0 Å². The van der Waals surface area contributed by atoms with E-state index in [-0.39, 0.29) is 0 Å². The van der Waals surface area contributed by atoms with Crippen molar-refractivity contribution in [2.45, 2.75) is 58.8 Å². The van der Waals surface area contributed by atoms with Crippen molar-refractivity contribution < 1.29 is 0 Å². The fourth-order valence-electron chi connectivity index (χ4n) is 5.40. The van der Waals surface area contributed by atoms with Gasteiger partial charge in [-0.05, 0) is 61.2 Å². The van der Waals surface area contributed by atoms with Crippen LogP contribution in [-0.4, -0.2) is 0 Å². The molecule has 0 amide bonds. The molecule has 0 aromatic carbocycles. The zero-order valence-corrected chi connectivity index (χ0v) is 9.76. The average molecular weight is 192 g/mol. The minimum Gasteiger partial charge on any atom is -0.0651 e. The first-order valence-corrected chi connectivity index (χ1v) is 6.76. The van der Waals surface area contributed by atoms with Gasteiger partial charge >= 0.3 is 0 Å². The second kappa shape index (κ2) is 3.00. The molecular weight excluding hydrogens is 168 g/mol. The van der Waals surface area contributed by atoms with E-state index in [0.717, 1.165) is 29.1 Å². The van der Waals surface area contributed by atoms with Gasteiger partial charge in [-0.3, -0.25) is 0 Å². The molecule has 80 valence electrons. The van der Waals surface area contributed by atoms with Crippen LogP contribution in [-0.2, 0) is 0 Å². The molecule has 0 saturated heterocycles. The van der Waals surface area contributed by atoms with Crippen molar-refractivity contribution in [3.8, 4) is 0 Å². The van der Waals surface area contributed by atoms with Crippen LogP contribution in [0.25, 0.3) is 0 Å². The van der Waals surface area contributed by atoms with E-state index in [1.54, 1.807) is 32.1 Å². The lowest BCUT2D eigenvalue weighted by Gasteiger charge is -2.60. The molecule has 14 heavy (non-hydrogen) atoms. The average Bonchev–Trinajstić information content (AvgIpc) is 2.17. The zero-order chi connectivity index (χ0) is 9.76. The molecule has 0 spiro atoms. The third-order valence-corrected chi connectivity index (χ3v) is 5.82. The molecule has 0 aromatic heterocycles. The maximum atomic E-state index is 2.44. The third kappa shape index (κ3) is 1.12. The lowest BCUT2D eigenvalue weighted by atomic mass is 9.45. The highest BCUT2D eigenvalue weighted by Gasteiger charge is 2.53. The van der Waals surface area contributed by atoms with Crippen LogP contribution in [0.4, 0.5) is 0 Å². The fourth-order valence-corrected chi connectivity index (χ4v) is 5.40. The normalized spacial score (nSPS) is 55.3. The summed E-state index contributed by atoms with van der Waals surface area (Å²) in [5, 5.41) is 0. The Kier molecular flexibility index (Phi) is 1.98. The lowest BCUT2D eigenvalue weighted by molar-refractivity contribution is -0.0974. The molecule has 4 rings (SSSR count). The van der Waals surface area contributed by atoms with E-state index in [0.29, 0.717) is 0 Å². The number of hydrogen-bond donors (Lipinski definition) is 0. The van der Waals surface area contributed by atoms with Gasteiger partial charge in [0.1, 0.15) is 0 Å². The molecular formula is C14H24. The first kappa shape index (κ1) is 9.24. The Morgan fingerprint density at radius 2 is 1.64 bits per heavy atom. The highest BCUT2D eigenvalue weighted by Crippen LogP contribution is 2.63. The first-order chi connectivity index (χ1) is 6.76. The van der Waals surface area contributed by atoms with E-state index in [1.165, 1.54) is 12.8 Å². The lowest BCUT2D eigenvalue weighted by Crippen LogP contribution is -2.50. The van der Waals surface area contributed by atoms with Crippen LogP contribution in [0, 0.1) is 29.1 Å². The Morgan fingerprint density at radius 3 is 2.14 bits per heavy atom. The highest BCUT2D eigenvalue weighted by molar-refractivity contribution is 5.03. The van der Waals surface area contributed by atoms with Gasteiger partial charge in [0.05, 0.1) is 0 Å². The summed E-state index contributed by atoms with van der Waals surface area (Å²) in [6.07, 6.45) is 10.9. The fraction of sp³-hybridized carbons (Fsp3) is 1.00. The molecule has 2 unspecified atom stereocenters. The van der Waals surface area contributed by atoms with Gasteiger partial charge in [-0.25, -0.2) is 0 Å².